The molecule has 0 atom stereocenters. The number of rotatable bonds is 2. The summed E-state index contributed by atoms with van der Waals surface area (Å²) in [6, 6.07) is 0. The Morgan fingerprint density at radius 3 is 2.29 bits per heavy atom. The maximum absolute atomic E-state index is 10.9. The lowest BCUT2D eigenvalue weighted by Gasteiger charge is -2.32. The van der Waals surface area contributed by atoms with Crippen molar-refractivity contribution in [1.29, 1.82) is 0 Å². The topological polar surface area (TPSA) is 98.9 Å². The molecule has 1 saturated heterocycles. The standard InChI is InChI=1S/C7H14N4O3/c8-9-6(12)5-10-1-3-11(4-2-10)7(13)14/h1-5,8H2,(H,9,12)(H,13,14). The summed E-state index contributed by atoms with van der Waals surface area (Å²) in [6.07, 6.45) is -0.909. The number of hydrogen-bond acceptors (Lipinski definition) is 4. The number of nitrogens with two attached hydrogens (primary N) is 1. The van der Waals surface area contributed by atoms with Gasteiger partial charge in [0.2, 0.25) is 5.91 Å². The lowest BCUT2D eigenvalue weighted by Crippen LogP contribution is -2.51. The van der Waals surface area contributed by atoms with Crippen molar-refractivity contribution in [2.75, 3.05) is 32.7 Å². The Balaban J connectivity index is 2.29. The summed E-state index contributed by atoms with van der Waals surface area (Å²) in [5.41, 5.74) is 2.04. The molecule has 1 rings (SSSR count). The largest absolute Gasteiger partial charge is 0.465 e. The molecule has 0 radical (unpaired) electrons. The maximum atomic E-state index is 10.9. The Morgan fingerprint density at radius 1 is 1.29 bits per heavy atom. The molecule has 1 aliphatic rings. The Bertz CT molecular complexity index is 225. The lowest BCUT2D eigenvalue weighted by molar-refractivity contribution is -0.122. The number of carboxylic acid groups (broad SMARTS) is 1. The number of nitrogens with zero attached hydrogens (tertiary/aromatic N) is 2. The van der Waals surface area contributed by atoms with Gasteiger partial charge in [-0.2, -0.15) is 0 Å². The second-order valence-corrected chi connectivity index (χ2v) is 3.11. The van der Waals surface area contributed by atoms with Crippen LogP contribution in [-0.2, 0) is 4.79 Å². The third-order valence-corrected chi connectivity index (χ3v) is 2.17. The predicted molar refractivity (Wildman–Crippen MR) is 48.4 cm³/mol. The molecule has 0 aliphatic carbocycles. The first-order valence-electron chi connectivity index (χ1n) is 4.33. The Hall–Kier alpha value is -1.34. The van der Waals surface area contributed by atoms with E-state index in [1.54, 1.807) is 0 Å². The number of hydrazine groups is 1. The van der Waals surface area contributed by atoms with Gasteiger partial charge in [0.05, 0.1) is 6.54 Å². The summed E-state index contributed by atoms with van der Waals surface area (Å²) in [6.45, 7) is 2.24. The maximum Gasteiger partial charge on any atom is 0.407 e. The number of amides is 2. The minimum absolute atomic E-state index is 0.226. The van der Waals surface area contributed by atoms with Gasteiger partial charge in [-0.15, -0.1) is 0 Å². The van der Waals surface area contributed by atoms with Gasteiger partial charge in [0.1, 0.15) is 0 Å². The summed E-state index contributed by atoms with van der Waals surface area (Å²) in [4.78, 5) is 24.6. The molecule has 0 aromatic rings. The summed E-state index contributed by atoms with van der Waals surface area (Å²) < 4.78 is 0. The van der Waals surface area contributed by atoms with E-state index in [4.69, 9.17) is 10.9 Å². The van der Waals surface area contributed by atoms with E-state index in [2.05, 4.69) is 0 Å². The summed E-state index contributed by atoms with van der Waals surface area (Å²) >= 11 is 0. The first-order chi connectivity index (χ1) is 6.63. The molecule has 7 nitrogen and oxygen atoms in total. The number of carbonyl (C=O) groups excluding carboxylic acids is 1. The fraction of sp³-hybridized carbons (Fsp3) is 0.714. The fourth-order valence-electron chi connectivity index (χ4n) is 1.35. The van der Waals surface area contributed by atoms with Crippen LogP contribution >= 0.6 is 0 Å². The molecule has 0 saturated carbocycles. The molecule has 14 heavy (non-hydrogen) atoms. The molecule has 80 valence electrons. The molecular weight excluding hydrogens is 188 g/mol. The molecule has 1 fully saturated rings. The average molecular weight is 202 g/mol. The van der Waals surface area contributed by atoms with E-state index in [9.17, 15) is 9.59 Å². The monoisotopic (exact) mass is 202 g/mol. The van der Waals surface area contributed by atoms with E-state index in [-0.39, 0.29) is 12.5 Å². The van der Waals surface area contributed by atoms with E-state index < -0.39 is 6.09 Å². The van der Waals surface area contributed by atoms with Gasteiger partial charge >= 0.3 is 6.09 Å². The van der Waals surface area contributed by atoms with Crippen LogP contribution in [0.4, 0.5) is 4.79 Å². The lowest BCUT2D eigenvalue weighted by atomic mass is 10.3. The van der Waals surface area contributed by atoms with Crippen LogP contribution in [0, 0.1) is 0 Å². The van der Waals surface area contributed by atoms with Gasteiger partial charge in [-0.3, -0.25) is 15.1 Å². The highest BCUT2D eigenvalue weighted by Gasteiger charge is 2.21. The molecule has 0 unspecified atom stereocenters. The zero-order chi connectivity index (χ0) is 10.6. The predicted octanol–water partition coefficient (Wildman–Crippen LogP) is -1.73. The quantitative estimate of drug-likeness (QED) is 0.281. The molecule has 0 bridgehead atoms. The normalized spacial score (nSPS) is 17.9. The van der Waals surface area contributed by atoms with Gasteiger partial charge < -0.3 is 10.0 Å². The van der Waals surface area contributed by atoms with E-state index in [1.165, 1.54) is 4.90 Å². The minimum atomic E-state index is -0.909. The first-order valence-corrected chi connectivity index (χ1v) is 4.33. The third kappa shape index (κ3) is 2.86. The van der Waals surface area contributed by atoms with Crippen LogP contribution in [0.15, 0.2) is 0 Å². The van der Waals surface area contributed by atoms with Crippen molar-refractivity contribution in [1.82, 2.24) is 15.2 Å². The minimum Gasteiger partial charge on any atom is -0.465 e. The molecule has 7 heteroatoms. The highest BCUT2D eigenvalue weighted by molar-refractivity contribution is 5.77. The van der Waals surface area contributed by atoms with Crippen LogP contribution in [0.3, 0.4) is 0 Å². The van der Waals surface area contributed by atoms with E-state index in [0.29, 0.717) is 26.2 Å². The van der Waals surface area contributed by atoms with Crippen molar-refractivity contribution >= 4 is 12.0 Å². The fourth-order valence-corrected chi connectivity index (χ4v) is 1.35. The smallest absolute Gasteiger partial charge is 0.407 e. The van der Waals surface area contributed by atoms with Crippen LogP contribution in [0.1, 0.15) is 0 Å². The van der Waals surface area contributed by atoms with Crippen LogP contribution in [0.5, 0.6) is 0 Å². The van der Waals surface area contributed by atoms with Gasteiger partial charge in [-0.05, 0) is 0 Å². The second kappa shape index (κ2) is 4.77. The molecule has 0 aromatic heterocycles. The Labute approximate surface area is 81.4 Å². The summed E-state index contributed by atoms with van der Waals surface area (Å²) in [5.74, 6) is 4.68. The zero-order valence-electron chi connectivity index (χ0n) is 7.77. The molecule has 1 heterocycles. The van der Waals surface area contributed by atoms with Crippen LogP contribution in [0.25, 0.3) is 0 Å². The van der Waals surface area contributed by atoms with Gasteiger partial charge in [0, 0.05) is 26.2 Å². The van der Waals surface area contributed by atoms with Crippen LogP contribution < -0.4 is 11.3 Å². The van der Waals surface area contributed by atoms with Crippen molar-refractivity contribution in [2.45, 2.75) is 0 Å². The second-order valence-electron chi connectivity index (χ2n) is 3.11. The van der Waals surface area contributed by atoms with Gasteiger partial charge in [0.25, 0.3) is 0 Å². The van der Waals surface area contributed by atoms with Crippen LogP contribution in [0.2, 0.25) is 0 Å². The van der Waals surface area contributed by atoms with Crippen molar-refractivity contribution in [2.24, 2.45) is 5.84 Å². The molecule has 1 aliphatic heterocycles. The van der Waals surface area contributed by atoms with Gasteiger partial charge in [0.15, 0.2) is 0 Å². The van der Waals surface area contributed by atoms with Crippen molar-refractivity contribution in [3.05, 3.63) is 0 Å². The van der Waals surface area contributed by atoms with Crippen LogP contribution in [-0.4, -0.2) is 59.6 Å². The Morgan fingerprint density at radius 2 is 1.86 bits per heavy atom. The van der Waals surface area contributed by atoms with E-state index >= 15 is 0 Å². The molecule has 0 spiro atoms. The van der Waals surface area contributed by atoms with E-state index in [0.717, 1.165) is 0 Å². The summed E-state index contributed by atoms with van der Waals surface area (Å²) in [7, 11) is 0. The zero-order valence-corrected chi connectivity index (χ0v) is 7.77. The molecular formula is C7H14N4O3. The van der Waals surface area contributed by atoms with Gasteiger partial charge in [-0.25, -0.2) is 10.6 Å². The SMILES string of the molecule is NNC(=O)CN1CCN(C(=O)O)CC1. The number of piperazine rings is 1. The average Bonchev–Trinajstić information content (AvgIpc) is 2.18. The number of nitrogens with one attached hydrogen (secondary N) is 1. The number of hydrogen-bond donors (Lipinski definition) is 3. The summed E-state index contributed by atoms with van der Waals surface area (Å²) in [5, 5.41) is 8.66. The first kappa shape index (κ1) is 10.7. The highest BCUT2D eigenvalue weighted by atomic mass is 16.4. The number of carbonyl (C=O) groups is 2. The molecule has 2 amide bonds. The van der Waals surface area contributed by atoms with E-state index in [1.807, 2.05) is 10.3 Å². The van der Waals surface area contributed by atoms with Crippen molar-refractivity contribution in [3.8, 4) is 0 Å². The third-order valence-electron chi connectivity index (χ3n) is 2.17. The molecule has 4 N–H and O–H groups in total. The van der Waals surface area contributed by atoms with Crippen molar-refractivity contribution < 1.29 is 14.7 Å². The Kier molecular flexibility index (Phi) is 3.66. The van der Waals surface area contributed by atoms with Gasteiger partial charge in [-0.1, -0.05) is 0 Å². The molecule has 0 aromatic carbocycles. The highest BCUT2D eigenvalue weighted by Crippen LogP contribution is 2.00. The van der Waals surface area contributed by atoms with Crippen molar-refractivity contribution in [3.63, 3.8) is 0 Å².